The first kappa shape index (κ1) is 18.1. The highest BCUT2D eigenvalue weighted by Crippen LogP contribution is 2.28. The lowest BCUT2D eigenvalue weighted by Crippen LogP contribution is -2.42. The van der Waals surface area contributed by atoms with Gasteiger partial charge in [-0.05, 0) is 24.3 Å². The number of halogens is 4. The number of urea groups is 1. The van der Waals surface area contributed by atoms with Crippen LogP contribution in [0.4, 0.5) is 28.2 Å². The van der Waals surface area contributed by atoms with Gasteiger partial charge >= 0.3 is 18.2 Å². The highest BCUT2D eigenvalue weighted by Gasteiger charge is 2.43. The third-order valence-electron chi connectivity index (χ3n) is 3.36. The number of pyridine rings is 1. The molecule has 8 nitrogen and oxygen atoms in total. The zero-order valence-corrected chi connectivity index (χ0v) is 13.1. The molecular weight excluding hydrogens is 374 g/mol. The van der Waals surface area contributed by atoms with Gasteiger partial charge in [-0.1, -0.05) is 0 Å². The second kappa shape index (κ2) is 6.55. The van der Waals surface area contributed by atoms with Gasteiger partial charge in [0.05, 0.1) is 5.52 Å². The molecule has 3 aromatic rings. The normalized spacial score (nSPS) is 11.4. The predicted molar refractivity (Wildman–Crippen MR) is 83.5 cm³/mol. The molecule has 0 aliphatic rings. The Bertz CT molecular complexity index is 1020. The third-order valence-corrected chi connectivity index (χ3v) is 3.36. The van der Waals surface area contributed by atoms with Gasteiger partial charge in [0.15, 0.2) is 5.82 Å². The van der Waals surface area contributed by atoms with Crippen molar-refractivity contribution in [2.45, 2.75) is 6.18 Å². The number of amides is 2. The second-order valence-corrected chi connectivity index (χ2v) is 5.18. The summed E-state index contributed by atoms with van der Waals surface area (Å²) < 4.78 is 50.1. The van der Waals surface area contributed by atoms with E-state index in [4.69, 9.17) is 5.73 Å². The Morgan fingerprint density at radius 1 is 1.19 bits per heavy atom. The Labute approximate surface area is 147 Å². The standard InChI is InChI=1S/C15H9F4N5O3/c16-8-3-1-7(2-4-8)12-9-6-21-11(5-10(9)22-23-12)24(14(20)26)27-13(25)15(17,18)19/h1-6H,(H2,20,26)(H,22,23). The van der Waals surface area contributed by atoms with Crippen LogP contribution in [-0.4, -0.2) is 33.4 Å². The van der Waals surface area contributed by atoms with Crippen LogP contribution in [0.2, 0.25) is 0 Å². The summed E-state index contributed by atoms with van der Waals surface area (Å²) >= 11 is 0. The lowest BCUT2D eigenvalue weighted by atomic mass is 10.1. The van der Waals surface area contributed by atoms with E-state index >= 15 is 0 Å². The highest BCUT2D eigenvalue weighted by molar-refractivity contribution is 5.96. The van der Waals surface area contributed by atoms with Crippen LogP contribution in [0.25, 0.3) is 22.2 Å². The molecule has 140 valence electrons. The van der Waals surface area contributed by atoms with Gasteiger partial charge in [-0.25, -0.2) is 19.0 Å². The van der Waals surface area contributed by atoms with Crippen LogP contribution in [0.5, 0.6) is 0 Å². The SMILES string of the molecule is NC(=O)N(OC(=O)C(F)(F)F)c1cc2[nH]nc(-c3ccc(F)cc3)c2cn1. The number of anilines is 1. The van der Waals surface area contributed by atoms with Gasteiger partial charge < -0.3 is 10.6 Å². The minimum Gasteiger partial charge on any atom is -0.349 e. The molecule has 0 spiro atoms. The summed E-state index contributed by atoms with van der Waals surface area (Å²) in [6.45, 7) is 0. The quantitative estimate of drug-likeness (QED) is 0.522. The maximum Gasteiger partial charge on any atom is 0.493 e. The number of hydrogen-bond donors (Lipinski definition) is 2. The summed E-state index contributed by atoms with van der Waals surface area (Å²) in [6.07, 6.45) is -4.15. The maximum absolute atomic E-state index is 13.0. The number of rotatable bonds is 2. The predicted octanol–water partition coefficient (Wildman–Crippen LogP) is 2.67. The van der Waals surface area contributed by atoms with Crippen molar-refractivity contribution in [3.05, 3.63) is 42.3 Å². The molecule has 3 N–H and O–H groups in total. The molecule has 2 heterocycles. The molecule has 2 aromatic heterocycles. The largest absolute Gasteiger partial charge is 0.493 e. The number of aromatic nitrogens is 3. The van der Waals surface area contributed by atoms with E-state index in [1.165, 1.54) is 30.5 Å². The summed E-state index contributed by atoms with van der Waals surface area (Å²) in [5.74, 6) is -3.55. The van der Waals surface area contributed by atoms with E-state index in [1.54, 1.807) is 0 Å². The number of carbonyl (C=O) groups excluding carboxylic acids is 2. The number of nitrogens with zero attached hydrogens (tertiary/aromatic N) is 3. The fraction of sp³-hybridized carbons (Fsp3) is 0.0667. The molecule has 1 aromatic carbocycles. The Kier molecular flexibility index (Phi) is 4.39. The average molecular weight is 383 g/mol. The minimum absolute atomic E-state index is 0.0896. The lowest BCUT2D eigenvalue weighted by Gasteiger charge is -2.18. The van der Waals surface area contributed by atoms with Crippen LogP contribution < -0.4 is 10.8 Å². The van der Waals surface area contributed by atoms with Crippen LogP contribution in [0.1, 0.15) is 0 Å². The number of carbonyl (C=O) groups is 2. The molecule has 0 aliphatic carbocycles. The molecule has 0 radical (unpaired) electrons. The van der Waals surface area contributed by atoms with Gasteiger partial charge in [0.1, 0.15) is 11.5 Å². The number of hydroxylamine groups is 1. The van der Waals surface area contributed by atoms with E-state index in [2.05, 4.69) is 20.0 Å². The molecule has 0 saturated heterocycles. The number of primary amides is 1. The Hall–Kier alpha value is -3.70. The fourth-order valence-corrected chi connectivity index (χ4v) is 2.18. The summed E-state index contributed by atoms with van der Waals surface area (Å²) in [6, 6.07) is 5.02. The molecule has 0 fully saturated rings. The smallest absolute Gasteiger partial charge is 0.349 e. The Balaban J connectivity index is 1.97. The summed E-state index contributed by atoms with van der Waals surface area (Å²) in [5, 5.41) is 6.96. The van der Waals surface area contributed by atoms with Gasteiger partial charge in [0.25, 0.3) is 0 Å². The zero-order chi connectivity index (χ0) is 19.8. The van der Waals surface area contributed by atoms with E-state index in [9.17, 15) is 27.2 Å². The van der Waals surface area contributed by atoms with E-state index in [1.807, 2.05) is 0 Å². The molecule has 0 bridgehead atoms. The van der Waals surface area contributed by atoms with Crippen molar-refractivity contribution in [2.24, 2.45) is 5.73 Å². The number of nitrogens with two attached hydrogens (primary N) is 1. The molecule has 27 heavy (non-hydrogen) atoms. The minimum atomic E-state index is -5.33. The van der Waals surface area contributed by atoms with Crippen molar-refractivity contribution >= 4 is 28.7 Å². The number of alkyl halides is 3. The topological polar surface area (TPSA) is 114 Å². The van der Waals surface area contributed by atoms with Crippen molar-refractivity contribution in [1.82, 2.24) is 15.2 Å². The lowest BCUT2D eigenvalue weighted by molar-refractivity contribution is -0.199. The average Bonchev–Trinajstić information content (AvgIpc) is 3.02. The van der Waals surface area contributed by atoms with Crippen molar-refractivity contribution in [3.63, 3.8) is 0 Å². The summed E-state index contributed by atoms with van der Waals surface area (Å²) in [7, 11) is 0. The molecule has 3 rings (SSSR count). The monoisotopic (exact) mass is 383 g/mol. The van der Waals surface area contributed by atoms with Crippen LogP contribution in [0.15, 0.2) is 36.5 Å². The first-order valence-electron chi connectivity index (χ1n) is 7.15. The first-order valence-corrected chi connectivity index (χ1v) is 7.15. The van der Waals surface area contributed by atoms with E-state index in [0.717, 1.165) is 6.07 Å². The molecule has 0 aliphatic heterocycles. The molecule has 12 heteroatoms. The first-order chi connectivity index (χ1) is 12.7. The van der Waals surface area contributed by atoms with Crippen molar-refractivity contribution < 1.29 is 32.0 Å². The zero-order valence-electron chi connectivity index (χ0n) is 13.1. The Morgan fingerprint density at radius 2 is 1.85 bits per heavy atom. The van der Waals surface area contributed by atoms with Gasteiger partial charge in [-0.2, -0.15) is 18.3 Å². The van der Waals surface area contributed by atoms with Crippen molar-refractivity contribution in [3.8, 4) is 11.3 Å². The van der Waals surface area contributed by atoms with Crippen LogP contribution in [-0.2, 0) is 9.63 Å². The highest BCUT2D eigenvalue weighted by atomic mass is 19.4. The fourth-order valence-electron chi connectivity index (χ4n) is 2.18. The number of H-pyrrole nitrogens is 1. The Morgan fingerprint density at radius 3 is 2.44 bits per heavy atom. The second-order valence-electron chi connectivity index (χ2n) is 5.18. The number of hydrogen-bond acceptors (Lipinski definition) is 5. The molecule has 2 amide bonds. The van der Waals surface area contributed by atoms with Crippen molar-refractivity contribution in [1.29, 1.82) is 0 Å². The molecule has 0 atom stereocenters. The molecular formula is C15H9F4N5O3. The van der Waals surface area contributed by atoms with Crippen molar-refractivity contribution in [2.75, 3.05) is 5.06 Å². The van der Waals surface area contributed by atoms with Gasteiger partial charge in [0, 0.05) is 23.2 Å². The number of benzene rings is 1. The van der Waals surface area contributed by atoms with E-state index in [-0.39, 0.29) is 10.6 Å². The van der Waals surface area contributed by atoms with Crippen LogP contribution >= 0.6 is 0 Å². The number of aromatic amines is 1. The molecule has 0 saturated carbocycles. The third kappa shape index (κ3) is 3.63. The summed E-state index contributed by atoms with van der Waals surface area (Å²) in [5.41, 5.74) is 6.15. The van der Waals surface area contributed by atoms with E-state index < -0.39 is 29.8 Å². The number of fused-ring (bicyclic) bond motifs is 1. The summed E-state index contributed by atoms with van der Waals surface area (Å²) in [4.78, 5) is 30.1. The maximum atomic E-state index is 13.0. The van der Waals surface area contributed by atoms with Gasteiger partial charge in [0.2, 0.25) is 0 Å². The van der Waals surface area contributed by atoms with Gasteiger partial charge in [-0.3, -0.25) is 5.10 Å². The van der Waals surface area contributed by atoms with Gasteiger partial charge in [-0.15, -0.1) is 5.06 Å². The number of nitrogens with one attached hydrogen (secondary N) is 1. The molecule has 0 unspecified atom stereocenters. The van der Waals surface area contributed by atoms with Crippen LogP contribution in [0, 0.1) is 5.82 Å². The van der Waals surface area contributed by atoms with E-state index in [0.29, 0.717) is 16.6 Å². The van der Waals surface area contributed by atoms with Crippen LogP contribution in [0.3, 0.4) is 0 Å².